The fourth-order valence-corrected chi connectivity index (χ4v) is 6.03. The highest BCUT2D eigenvalue weighted by Crippen LogP contribution is 2.18. The van der Waals surface area contributed by atoms with Crippen LogP contribution in [-0.2, 0) is 61.0 Å². The summed E-state index contributed by atoms with van der Waals surface area (Å²) in [6.07, 6.45) is 0.257. The van der Waals surface area contributed by atoms with Crippen molar-refractivity contribution in [3.63, 3.8) is 0 Å². The van der Waals surface area contributed by atoms with E-state index in [2.05, 4.69) is 4.84 Å². The van der Waals surface area contributed by atoms with Gasteiger partial charge in [-0.05, 0) is 27.2 Å². The maximum Gasteiger partial charge on any atom is 0.501 e. The van der Waals surface area contributed by atoms with Gasteiger partial charge >= 0.3 is 20.7 Å². The molecule has 1 saturated heterocycles. The van der Waals surface area contributed by atoms with Crippen molar-refractivity contribution in [1.29, 1.82) is 0 Å². The normalized spacial score (nSPS) is 13.7. The highest BCUT2D eigenvalue weighted by Gasteiger charge is 2.39. The van der Waals surface area contributed by atoms with Crippen LogP contribution in [0.25, 0.3) is 0 Å². The van der Waals surface area contributed by atoms with E-state index in [9.17, 15) is 19.2 Å². The molecular formula is C25H45NO13Si. The summed E-state index contributed by atoms with van der Waals surface area (Å²) >= 11 is 0. The largest absolute Gasteiger partial charge is 0.501 e. The van der Waals surface area contributed by atoms with Gasteiger partial charge in [-0.2, -0.15) is 0 Å². The highest BCUT2D eigenvalue weighted by molar-refractivity contribution is 6.60. The molecule has 15 heteroatoms. The van der Waals surface area contributed by atoms with Gasteiger partial charge in [-0.25, -0.2) is 4.79 Å². The van der Waals surface area contributed by atoms with Crippen LogP contribution in [0.1, 0.15) is 52.9 Å². The number of carbonyl (C=O) groups excluding carboxylic acids is 4. The summed E-state index contributed by atoms with van der Waals surface area (Å²) in [5, 5.41) is 0.440. The maximum atomic E-state index is 11.7. The van der Waals surface area contributed by atoms with E-state index in [0.717, 1.165) is 6.42 Å². The number of rotatable bonds is 26. The maximum absolute atomic E-state index is 11.7. The van der Waals surface area contributed by atoms with Gasteiger partial charge in [0.2, 0.25) is 0 Å². The molecule has 232 valence electrons. The SMILES string of the molecule is CCO[Si](CCCOCCOCCOCCOCCOC(=O)CCC(=O)ON1C(=O)CCC1=O)(OCC)OCC. The highest BCUT2D eigenvalue weighted by atomic mass is 28.4. The molecule has 0 atom stereocenters. The Morgan fingerprint density at radius 3 is 1.55 bits per heavy atom. The number of imide groups is 1. The van der Waals surface area contributed by atoms with E-state index in [1.165, 1.54) is 0 Å². The molecule has 1 aliphatic heterocycles. The zero-order valence-electron chi connectivity index (χ0n) is 24.0. The van der Waals surface area contributed by atoms with Gasteiger partial charge in [-0.1, -0.05) is 0 Å². The van der Waals surface area contributed by atoms with E-state index >= 15 is 0 Å². The topological polar surface area (TPSA) is 155 Å². The van der Waals surface area contributed by atoms with E-state index in [4.69, 9.17) is 37.0 Å². The monoisotopic (exact) mass is 595 g/mol. The fourth-order valence-electron chi connectivity index (χ4n) is 3.45. The minimum atomic E-state index is -2.62. The molecule has 1 aliphatic rings. The van der Waals surface area contributed by atoms with Crippen molar-refractivity contribution in [1.82, 2.24) is 5.06 Å². The van der Waals surface area contributed by atoms with Crippen LogP contribution < -0.4 is 0 Å². The summed E-state index contributed by atoms with van der Waals surface area (Å²) in [5.41, 5.74) is 0. The molecule has 0 aromatic carbocycles. The van der Waals surface area contributed by atoms with Crippen molar-refractivity contribution in [3.05, 3.63) is 0 Å². The number of esters is 1. The molecular weight excluding hydrogens is 550 g/mol. The Morgan fingerprint density at radius 2 is 1.07 bits per heavy atom. The molecule has 0 spiro atoms. The molecule has 0 bridgehead atoms. The molecule has 0 aromatic heterocycles. The van der Waals surface area contributed by atoms with Gasteiger partial charge in [-0.15, -0.1) is 5.06 Å². The van der Waals surface area contributed by atoms with Crippen LogP contribution in [0, 0.1) is 0 Å². The first kappa shape index (κ1) is 36.0. The second-order valence-corrected chi connectivity index (χ2v) is 11.0. The quantitative estimate of drug-likeness (QED) is 0.0613. The molecule has 1 heterocycles. The molecule has 0 N–H and O–H groups in total. The van der Waals surface area contributed by atoms with E-state index in [1.807, 2.05) is 20.8 Å². The minimum absolute atomic E-state index is 0.00677. The number of amides is 2. The Labute approximate surface area is 237 Å². The van der Waals surface area contributed by atoms with Gasteiger partial charge in [0.1, 0.15) is 6.61 Å². The van der Waals surface area contributed by atoms with E-state index in [1.54, 1.807) is 0 Å². The average molecular weight is 596 g/mol. The van der Waals surface area contributed by atoms with Crippen LogP contribution >= 0.6 is 0 Å². The Morgan fingerprint density at radius 1 is 0.650 bits per heavy atom. The van der Waals surface area contributed by atoms with E-state index in [0.29, 0.717) is 77.2 Å². The molecule has 14 nitrogen and oxygen atoms in total. The third-order valence-electron chi connectivity index (χ3n) is 5.20. The zero-order chi connectivity index (χ0) is 29.5. The summed E-state index contributed by atoms with van der Waals surface area (Å²) in [4.78, 5) is 50.8. The van der Waals surface area contributed by atoms with Crippen LogP contribution in [0.2, 0.25) is 6.04 Å². The standard InChI is InChI=1S/C25H45NO13Si/c1-4-36-40(37-5-2,38-6-3)21-7-12-31-13-14-32-15-16-33-17-18-34-19-20-35-24(29)10-11-25(30)39-26-22(27)8-9-23(26)28/h4-21H2,1-3H3. The molecule has 1 fully saturated rings. The molecule has 2 amide bonds. The van der Waals surface area contributed by atoms with Gasteiger partial charge in [0.15, 0.2) is 0 Å². The number of hydrogen-bond acceptors (Lipinski definition) is 13. The second-order valence-electron chi connectivity index (χ2n) is 8.30. The van der Waals surface area contributed by atoms with Gasteiger partial charge < -0.3 is 41.8 Å². The van der Waals surface area contributed by atoms with Crippen molar-refractivity contribution >= 4 is 32.6 Å². The molecule has 0 radical (unpaired) electrons. The predicted molar refractivity (Wildman–Crippen MR) is 141 cm³/mol. The van der Waals surface area contributed by atoms with Crippen LogP contribution in [0.15, 0.2) is 0 Å². The van der Waals surface area contributed by atoms with E-state index in [-0.39, 0.29) is 38.9 Å². The first-order valence-corrected chi connectivity index (χ1v) is 15.8. The molecule has 0 aromatic rings. The van der Waals surface area contributed by atoms with Crippen LogP contribution in [0.4, 0.5) is 0 Å². The number of carbonyl (C=O) groups is 4. The minimum Gasteiger partial charge on any atom is -0.463 e. The lowest BCUT2D eigenvalue weighted by molar-refractivity contribution is -0.197. The fraction of sp³-hybridized carbons (Fsp3) is 0.840. The van der Waals surface area contributed by atoms with Crippen LogP contribution in [-0.4, -0.2) is 117 Å². The predicted octanol–water partition coefficient (Wildman–Crippen LogP) is 1.42. The Balaban J connectivity index is 1.89. The molecule has 1 rings (SSSR count). The molecule has 0 unspecified atom stereocenters. The smallest absolute Gasteiger partial charge is 0.463 e. The summed E-state index contributed by atoms with van der Waals surface area (Å²) in [6, 6.07) is 0.714. The lowest BCUT2D eigenvalue weighted by atomic mass is 10.3. The van der Waals surface area contributed by atoms with Gasteiger partial charge in [0.05, 0.1) is 59.1 Å². The number of nitrogens with zero attached hydrogens (tertiary/aromatic N) is 1. The van der Waals surface area contributed by atoms with Crippen molar-refractivity contribution < 1.29 is 61.0 Å². The van der Waals surface area contributed by atoms with Crippen molar-refractivity contribution in [2.24, 2.45) is 0 Å². The first-order chi connectivity index (χ1) is 19.4. The van der Waals surface area contributed by atoms with Crippen molar-refractivity contribution in [2.75, 3.05) is 79.3 Å². The van der Waals surface area contributed by atoms with E-state index < -0.39 is 32.6 Å². The Kier molecular flexibility index (Phi) is 20.4. The molecule has 0 aliphatic carbocycles. The number of ether oxygens (including phenoxy) is 5. The number of hydroxylamine groups is 2. The number of hydrogen-bond donors (Lipinski definition) is 0. The molecule has 0 saturated carbocycles. The summed E-state index contributed by atoms with van der Waals surface area (Å²) < 4.78 is 44.2. The first-order valence-electron chi connectivity index (χ1n) is 13.8. The Hall–Kier alpha value is -1.98. The second kappa shape index (κ2) is 22.7. The Bertz CT molecular complexity index is 706. The third kappa shape index (κ3) is 16.3. The van der Waals surface area contributed by atoms with Gasteiger partial charge in [-0.3, -0.25) is 14.4 Å². The summed E-state index contributed by atoms with van der Waals surface area (Å²) in [5.74, 6) is -2.62. The molecule has 40 heavy (non-hydrogen) atoms. The van der Waals surface area contributed by atoms with Gasteiger partial charge in [0, 0.05) is 45.3 Å². The average Bonchev–Trinajstić information content (AvgIpc) is 3.24. The van der Waals surface area contributed by atoms with Crippen molar-refractivity contribution in [2.45, 2.75) is 58.9 Å². The van der Waals surface area contributed by atoms with Gasteiger partial charge in [0.25, 0.3) is 11.8 Å². The van der Waals surface area contributed by atoms with Crippen molar-refractivity contribution in [3.8, 4) is 0 Å². The lowest BCUT2D eigenvalue weighted by Crippen LogP contribution is -2.46. The third-order valence-corrected chi connectivity index (χ3v) is 8.35. The zero-order valence-corrected chi connectivity index (χ0v) is 25.0. The lowest BCUT2D eigenvalue weighted by Gasteiger charge is -2.28. The van der Waals surface area contributed by atoms with Crippen LogP contribution in [0.3, 0.4) is 0 Å². The van der Waals surface area contributed by atoms with Crippen LogP contribution in [0.5, 0.6) is 0 Å². The summed E-state index contributed by atoms with van der Waals surface area (Å²) in [7, 11) is -2.62. The summed E-state index contributed by atoms with van der Waals surface area (Å²) in [6.45, 7) is 10.7.